The van der Waals surface area contributed by atoms with E-state index in [0.717, 1.165) is 24.8 Å². The van der Waals surface area contributed by atoms with Crippen LogP contribution >= 0.6 is 11.8 Å². The van der Waals surface area contributed by atoms with Crippen molar-refractivity contribution in [2.24, 2.45) is 4.99 Å². The van der Waals surface area contributed by atoms with Gasteiger partial charge in [-0.3, -0.25) is 4.99 Å². The summed E-state index contributed by atoms with van der Waals surface area (Å²) >= 11 is 2.15. The lowest BCUT2D eigenvalue weighted by Crippen LogP contribution is -2.53. The molecule has 0 amide bonds. The number of nitrogens with one attached hydrogen (secondary N) is 1. The molecule has 0 atom stereocenters. The molecule has 0 radical (unpaired) electrons. The van der Waals surface area contributed by atoms with E-state index in [4.69, 9.17) is 0 Å². The first-order chi connectivity index (χ1) is 10.4. The van der Waals surface area contributed by atoms with Gasteiger partial charge in [0.25, 0.3) is 0 Å². The van der Waals surface area contributed by atoms with Crippen molar-refractivity contribution in [1.29, 1.82) is 0 Å². The minimum absolute atomic E-state index is 0.233. The van der Waals surface area contributed by atoms with Crippen LogP contribution in [-0.2, 0) is 9.84 Å². The third kappa shape index (κ3) is 5.33. The van der Waals surface area contributed by atoms with Crippen LogP contribution in [0.25, 0.3) is 0 Å². The maximum absolute atomic E-state index is 11.2. The van der Waals surface area contributed by atoms with E-state index in [1.165, 1.54) is 38.4 Å². The van der Waals surface area contributed by atoms with E-state index in [1.807, 2.05) is 7.05 Å². The quantitative estimate of drug-likeness (QED) is 0.477. The predicted molar refractivity (Wildman–Crippen MR) is 95.5 cm³/mol. The first kappa shape index (κ1) is 17.9. The van der Waals surface area contributed by atoms with Gasteiger partial charge in [0, 0.05) is 43.4 Å². The van der Waals surface area contributed by atoms with Crippen molar-refractivity contribution in [3.05, 3.63) is 0 Å². The van der Waals surface area contributed by atoms with Gasteiger partial charge in [-0.05, 0) is 19.3 Å². The zero-order chi connectivity index (χ0) is 16.1. The number of hydrogen-bond donors (Lipinski definition) is 1. The van der Waals surface area contributed by atoms with Crippen LogP contribution in [-0.4, -0.2) is 68.5 Å². The summed E-state index contributed by atoms with van der Waals surface area (Å²) < 4.78 is 22.8. The first-order valence-electron chi connectivity index (χ1n) is 8.21. The highest BCUT2D eigenvalue weighted by atomic mass is 32.2. The number of guanidine groups is 1. The molecule has 2 rings (SSSR count). The van der Waals surface area contributed by atoms with Gasteiger partial charge in [-0.1, -0.05) is 19.3 Å². The Morgan fingerprint density at radius 3 is 2.68 bits per heavy atom. The van der Waals surface area contributed by atoms with Gasteiger partial charge in [0.05, 0.1) is 5.75 Å². The Bertz CT molecular complexity index is 480. The number of aliphatic imine (C=N–C) groups is 1. The zero-order valence-electron chi connectivity index (χ0n) is 13.8. The van der Waals surface area contributed by atoms with Crippen molar-refractivity contribution in [1.82, 2.24) is 10.2 Å². The van der Waals surface area contributed by atoms with E-state index in [0.29, 0.717) is 17.7 Å². The molecule has 1 saturated heterocycles. The van der Waals surface area contributed by atoms with Crippen LogP contribution in [0.1, 0.15) is 38.5 Å². The third-order valence-electron chi connectivity index (χ3n) is 4.50. The molecule has 22 heavy (non-hydrogen) atoms. The van der Waals surface area contributed by atoms with Crippen molar-refractivity contribution < 1.29 is 8.42 Å². The second-order valence-electron chi connectivity index (χ2n) is 6.47. The van der Waals surface area contributed by atoms with Gasteiger partial charge in [-0.15, -0.1) is 0 Å². The van der Waals surface area contributed by atoms with E-state index in [1.54, 1.807) is 0 Å². The number of rotatable bonds is 4. The molecule has 2 aliphatic rings. The standard InChI is InChI=1S/C15H29N3O2S2/c1-16-14(17-9-6-12-22(2,19)20)18-10-11-21-15(13-18)7-4-3-5-8-15/h3-13H2,1-2H3,(H,16,17). The highest BCUT2D eigenvalue weighted by Gasteiger charge is 2.38. The molecule has 1 N–H and O–H groups in total. The van der Waals surface area contributed by atoms with Crippen LogP contribution in [0.15, 0.2) is 4.99 Å². The van der Waals surface area contributed by atoms with Gasteiger partial charge >= 0.3 is 0 Å². The van der Waals surface area contributed by atoms with Crippen LogP contribution in [0.3, 0.4) is 0 Å². The molecular formula is C15H29N3O2S2. The molecule has 1 spiro atoms. The zero-order valence-corrected chi connectivity index (χ0v) is 15.4. The Kier molecular flexibility index (Phi) is 6.44. The van der Waals surface area contributed by atoms with Crippen LogP contribution in [0.5, 0.6) is 0 Å². The summed E-state index contributed by atoms with van der Waals surface area (Å²) in [6, 6.07) is 0. The highest BCUT2D eigenvalue weighted by Crippen LogP contribution is 2.42. The van der Waals surface area contributed by atoms with Crippen LogP contribution in [0, 0.1) is 0 Å². The molecule has 0 aromatic carbocycles. The monoisotopic (exact) mass is 347 g/mol. The normalized spacial score (nSPS) is 22.8. The molecule has 1 aliphatic carbocycles. The number of hydrogen-bond acceptors (Lipinski definition) is 4. The fourth-order valence-electron chi connectivity index (χ4n) is 3.39. The molecule has 0 unspecified atom stereocenters. The van der Waals surface area contributed by atoms with Crippen molar-refractivity contribution >= 4 is 27.6 Å². The molecule has 128 valence electrons. The van der Waals surface area contributed by atoms with Crippen molar-refractivity contribution in [2.45, 2.75) is 43.3 Å². The number of sulfone groups is 1. The van der Waals surface area contributed by atoms with E-state index in [2.05, 4.69) is 27.0 Å². The van der Waals surface area contributed by atoms with Gasteiger partial charge in [-0.2, -0.15) is 11.8 Å². The molecule has 7 heteroatoms. The average Bonchev–Trinajstić information content (AvgIpc) is 2.47. The third-order valence-corrected chi connectivity index (χ3v) is 7.07. The van der Waals surface area contributed by atoms with Crippen LogP contribution < -0.4 is 5.32 Å². The van der Waals surface area contributed by atoms with Gasteiger partial charge in [0.1, 0.15) is 9.84 Å². The Balaban J connectivity index is 1.85. The summed E-state index contributed by atoms with van der Waals surface area (Å²) in [6.07, 6.45) is 8.63. The molecular weight excluding hydrogens is 318 g/mol. The second kappa shape index (κ2) is 7.90. The van der Waals surface area contributed by atoms with E-state index in [-0.39, 0.29) is 5.75 Å². The molecule has 1 heterocycles. The van der Waals surface area contributed by atoms with Crippen LogP contribution in [0.4, 0.5) is 0 Å². The molecule has 5 nitrogen and oxygen atoms in total. The predicted octanol–water partition coefficient (Wildman–Crippen LogP) is 1.75. The van der Waals surface area contributed by atoms with Gasteiger partial charge in [-0.25, -0.2) is 8.42 Å². The SMILES string of the molecule is CN=C(NCCCS(C)(=O)=O)N1CCSC2(CCCCC2)C1. The van der Waals surface area contributed by atoms with Crippen molar-refractivity contribution in [2.75, 3.05) is 44.4 Å². The highest BCUT2D eigenvalue weighted by molar-refractivity contribution is 8.00. The summed E-state index contributed by atoms with van der Waals surface area (Å²) in [4.78, 5) is 6.76. The Morgan fingerprint density at radius 1 is 1.32 bits per heavy atom. The minimum Gasteiger partial charge on any atom is -0.356 e. The lowest BCUT2D eigenvalue weighted by atomic mass is 9.87. The Labute approximate surface area is 139 Å². The molecule has 2 fully saturated rings. The summed E-state index contributed by atoms with van der Waals surface area (Å²) in [5, 5.41) is 3.34. The summed E-state index contributed by atoms with van der Waals surface area (Å²) in [5.74, 6) is 2.32. The minimum atomic E-state index is -2.87. The lowest BCUT2D eigenvalue weighted by molar-refractivity contribution is 0.293. The Hall–Kier alpha value is -0.430. The van der Waals surface area contributed by atoms with Crippen LogP contribution in [0.2, 0.25) is 0 Å². The van der Waals surface area contributed by atoms with Gasteiger partial charge in [0.2, 0.25) is 0 Å². The molecule has 1 saturated carbocycles. The lowest BCUT2D eigenvalue weighted by Gasteiger charge is -2.45. The molecule has 1 aliphatic heterocycles. The second-order valence-corrected chi connectivity index (χ2v) is 10.3. The molecule has 0 aromatic rings. The molecule has 0 bridgehead atoms. The summed E-state index contributed by atoms with van der Waals surface area (Å²) in [7, 11) is -1.06. The van der Waals surface area contributed by atoms with E-state index >= 15 is 0 Å². The summed E-state index contributed by atoms with van der Waals surface area (Å²) in [5.41, 5.74) is 0. The Morgan fingerprint density at radius 2 is 2.05 bits per heavy atom. The van der Waals surface area contributed by atoms with E-state index < -0.39 is 9.84 Å². The van der Waals surface area contributed by atoms with Gasteiger partial charge < -0.3 is 10.2 Å². The van der Waals surface area contributed by atoms with Gasteiger partial charge in [0.15, 0.2) is 5.96 Å². The van der Waals surface area contributed by atoms with Crippen molar-refractivity contribution in [3.8, 4) is 0 Å². The number of nitrogens with zero attached hydrogens (tertiary/aromatic N) is 2. The smallest absolute Gasteiger partial charge is 0.193 e. The summed E-state index contributed by atoms with van der Waals surface area (Å²) in [6.45, 7) is 2.76. The fourth-order valence-corrected chi connectivity index (χ4v) is 5.63. The molecule has 0 aromatic heterocycles. The topological polar surface area (TPSA) is 61.8 Å². The van der Waals surface area contributed by atoms with Crippen molar-refractivity contribution in [3.63, 3.8) is 0 Å². The first-order valence-corrected chi connectivity index (χ1v) is 11.3. The average molecular weight is 348 g/mol. The maximum atomic E-state index is 11.2. The number of thioether (sulfide) groups is 1. The fraction of sp³-hybridized carbons (Fsp3) is 0.933. The van der Waals surface area contributed by atoms with E-state index in [9.17, 15) is 8.42 Å². The largest absolute Gasteiger partial charge is 0.356 e. The maximum Gasteiger partial charge on any atom is 0.193 e.